The molecule has 2 N–H and O–H groups in total. The summed E-state index contributed by atoms with van der Waals surface area (Å²) in [6, 6.07) is 10.4. The van der Waals surface area contributed by atoms with E-state index < -0.39 is 0 Å². The maximum Gasteiger partial charge on any atom is 0.221 e. The third-order valence-electron chi connectivity index (χ3n) is 3.41. The lowest BCUT2D eigenvalue weighted by Gasteiger charge is -2.18. The van der Waals surface area contributed by atoms with E-state index in [4.69, 9.17) is 0 Å². The molecule has 0 saturated carbocycles. The minimum Gasteiger partial charge on any atom is -0.356 e. The van der Waals surface area contributed by atoms with Crippen LogP contribution < -0.4 is 10.6 Å². The second-order valence-corrected chi connectivity index (χ2v) is 4.89. The lowest BCUT2D eigenvalue weighted by Crippen LogP contribution is -2.30. The molecule has 1 aliphatic heterocycles. The first-order chi connectivity index (χ1) is 8.86. The monoisotopic (exact) mass is 246 g/mol. The standard InChI is InChI=1S/C15H22N2O/c18-15-12-14(13-8-4-3-5-9-13)16-10-6-1-2-7-11-17-15/h3-5,8-9,14,16H,1-2,6-7,10-12H2,(H,17,18)/t14-/m0/s1. The molecule has 2 rings (SSSR count). The maximum absolute atomic E-state index is 11.8. The molecule has 1 saturated heterocycles. The fraction of sp³-hybridized carbons (Fsp3) is 0.533. The first-order valence-corrected chi connectivity index (χ1v) is 6.91. The topological polar surface area (TPSA) is 41.1 Å². The zero-order valence-electron chi connectivity index (χ0n) is 10.8. The van der Waals surface area contributed by atoms with Crippen LogP contribution in [-0.2, 0) is 4.79 Å². The van der Waals surface area contributed by atoms with Crippen molar-refractivity contribution in [3.05, 3.63) is 35.9 Å². The summed E-state index contributed by atoms with van der Waals surface area (Å²) in [6.07, 6.45) is 5.27. The van der Waals surface area contributed by atoms with Crippen molar-refractivity contribution < 1.29 is 4.79 Å². The predicted octanol–water partition coefficient (Wildman–Crippen LogP) is 2.40. The van der Waals surface area contributed by atoms with Crippen molar-refractivity contribution in [2.24, 2.45) is 0 Å². The summed E-state index contributed by atoms with van der Waals surface area (Å²) in [5.41, 5.74) is 1.20. The Morgan fingerprint density at radius 2 is 1.67 bits per heavy atom. The van der Waals surface area contributed by atoms with Crippen LogP contribution in [0.3, 0.4) is 0 Å². The van der Waals surface area contributed by atoms with Crippen molar-refractivity contribution in [1.82, 2.24) is 10.6 Å². The Labute approximate surface area is 109 Å². The lowest BCUT2D eigenvalue weighted by molar-refractivity contribution is -0.121. The van der Waals surface area contributed by atoms with Gasteiger partial charge in [0.15, 0.2) is 0 Å². The normalized spacial score (nSPS) is 22.9. The molecule has 0 spiro atoms. The predicted molar refractivity (Wildman–Crippen MR) is 73.3 cm³/mol. The van der Waals surface area contributed by atoms with Crippen LogP contribution in [0, 0.1) is 0 Å². The molecule has 1 amide bonds. The first-order valence-electron chi connectivity index (χ1n) is 6.91. The third kappa shape index (κ3) is 4.15. The van der Waals surface area contributed by atoms with Gasteiger partial charge in [-0.05, 0) is 24.9 Å². The van der Waals surface area contributed by atoms with Crippen LogP contribution >= 0.6 is 0 Å². The molecule has 0 radical (unpaired) electrons. The van der Waals surface area contributed by atoms with Gasteiger partial charge in [0.25, 0.3) is 0 Å². The second-order valence-electron chi connectivity index (χ2n) is 4.89. The van der Waals surface area contributed by atoms with Crippen molar-refractivity contribution in [1.29, 1.82) is 0 Å². The zero-order chi connectivity index (χ0) is 12.6. The van der Waals surface area contributed by atoms with E-state index in [0.717, 1.165) is 19.5 Å². The fourth-order valence-electron chi connectivity index (χ4n) is 2.36. The van der Waals surface area contributed by atoms with Gasteiger partial charge >= 0.3 is 0 Å². The van der Waals surface area contributed by atoms with Gasteiger partial charge in [-0.15, -0.1) is 0 Å². The van der Waals surface area contributed by atoms with Crippen molar-refractivity contribution in [3.63, 3.8) is 0 Å². The summed E-state index contributed by atoms with van der Waals surface area (Å²) in [6.45, 7) is 1.81. The number of benzene rings is 1. The van der Waals surface area contributed by atoms with Crippen LogP contribution in [-0.4, -0.2) is 19.0 Å². The molecule has 18 heavy (non-hydrogen) atoms. The van der Waals surface area contributed by atoms with E-state index >= 15 is 0 Å². The van der Waals surface area contributed by atoms with E-state index in [1.54, 1.807) is 0 Å². The van der Waals surface area contributed by atoms with Crippen LogP contribution in [0.4, 0.5) is 0 Å². The summed E-state index contributed by atoms with van der Waals surface area (Å²) in [5.74, 6) is 0.151. The summed E-state index contributed by atoms with van der Waals surface area (Å²) in [7, 11) is 0. The number of hydrogen-bond acceptors (Lipinski definition) is 2. The number of carbonyl (C=O) groups excluding carboxylic acids is 1. The van der Waals surface area contributed by atoms with Crippen molar-refractivity contribution in [2.45, 2.75) is 38.1 Å². The van der Waals surface area contributed by atoms with Crippen molar-refractivity contribution >= 4 is 5.91 Å². The van der Waals surface area contributed by atoms with E-state index in [1.165, 1.54) is 24.8 Å². The molecule has 1 aromatic rings. The average molecular weight is 246 g/mol. The number of rotatable bonds is 1. The second kappa shape index (κ2) is 7.17. The van der Waals surface area contributed by atoms with E-state index in [-0.39, 0.29) is 11.9 Å². The molecule has 1 aromatic carbocycles. The lowest BCUT2D eigenvalue weighted by atomic mass is 10.0. The summed E-state index contributed by atoms with van der Waals surface area (Å²) in [5, 5.41) is 6.50. The van der Waals surface area contributed by atoms with Gasteiger partial charge in [-0.3, -0.25) is 4.79 Å². The Morgan fingerprint density at radius 1 is 0.944 bits per heavy atom. The fourth-order valence-corrected chi connectivity index (χ4v) is 2.36. The Hall–Kier alpha value is -1.35. The smallest absolute Gasteiger partial charge is 0.221 e. The molecule has 1 atom stereocenters. The molecule has 1 fully saturated rings. The Balaban J connectivity index is 2.02. The van der Waals surface area contributed by atoms with E-state index in [2.05, 4.69) is 22.8 Å². The summed E-state index contributed by atoms with van der Waals surface area (Å²) in [4.78, 5) is 11.8. The molecule has 0 bridgehead atoms. The highest BCUT2D eigenvalue weighted by molar-refractivity contribution is 5.76. The van der Waals surface area contributed by atoms with Crippen LogP contribution in [0.1, 0.15) is 43.7 Å². The molecular weight excluding hydrogens is 224 g/mol. The summed E-state index contributed by atoms with van der Waals surface area (Å²) >= 11 is 0. The number of hydrogen-bond donors (Lipinski definition) is 2. The summed E-state index contributed by atoms with van der Waals surface area (Å²) < 4.78 is 0. The van der Waals surface area contributed by atoms with Gasteiger partial charge in [-0.2, -0.15) is 0 Å². The van der Waals surface area contributed by atoms with E-state index in [1.807, 2.05) is 18.2 Å². The first kappa shape index (κ1) is 13.1. The number of carbonyl (C=O) groups is 1. The zero-order valence-corrected chi connectivity index (χ0v) is 10.8. The number of nitrogens with one attached hydrogen (secondary N) is 2. The third-order valence-corrected chi connectivity index (χ3v) is 3.41. The van der Waals surface area contributed by atoms with Gasteiger partial charge in [0.1, 0.15) is 0 Å². The minimum absolute atomic E-state index is 0.143. The molecule has 3 nitrogen and oxygen atoms in total. The van der Waals surface area contributed by atoms with Crippen LogP contribution in [0.25, 0.3) is 0 Å². The quantitative estimate of drug-likeness (QED) is 0.799. The van der Waals surface area contributed by atoms with Gasteiger partial charge < -0.3 is 10.6 Å². The molecule has 0 aromatic heterocycles. The van der Waals surface area contributed by atoms with Crippen LogP contribution in [0.5, 0.6) is 0 Å². The Morgan fingerprint density at radius 3 is 2.44 bits per heavy atom. The van der Waals surface area contributed by atoms with Gasteiger partial charge in [0.2, 0.25) is 5.91 Å². The molecule has 98 valence electrons. The van der Waals surface area contributed by atoms with Gasteiger partial charge in [0.05, 0.1) is 0 Å². The molecule has 0 aliphatic carbocycles. The van der Waals surface area contributed by atoms with Gasteiger partial charge in [-0.25, -0.2) is 0 Å². The number of amides is 1. The maximum atomic E-state index is 11.8. The van der Waals surface area contributed by atoms with Gasteiger partial charge in [-0.1, -0.05) is 43.2 Å². The SMILES string of the molecule is O=C1C[C@@H](c2ccccc2)NCCCCCCN1. The van der Waals surface area contributed by atoms with Crippen molar-refractivity contribution in [3.8, 4) is 0 Å². The van der Waals surface area contributed by atoms with Crippen molar-refractivity contribution in [2.75, 3.05) is 13.1 Å². The van der Waals surface area contributed by atoms with Crippen LogP contribution in [0.2, 0.25) is 0 Å². The highest BCUT2D eigenvalue weighted by atomic mass is 16.1. The average Bonchev–Trinajstić information content (AvgIpc) is 2.45. The van der Waals surface area contributed by atoms with Crippen LogP contribution in [0.15, 0.2) is 30.3 Å². The largest absolute Gasteiger partial charge is 0.356 e. The van der Waals surface area contributed by atoms with Gasteiger partial charge in [0, 0.05) is 19.0 Å². The van der Waals surface area contributed by atoms with E-state index in [0.29, 0.717) is 6.42 Å². The Kier molecular flexibility index (Phi) is 5.21. The minimum atomic E-state index is 0.143. The molecule has 1 heterocycles. The highest BCUT2D eigenvalue weighted by Crippen LogP contribution is 2.17. The molecule has 3 heteroatoms. The molecule has 0 unspecified atom stereocenters. The molecule has 1 aliphatic rings. The highest BCUT2D eigenvalue weighted by Gasteiger charge is 2.15. The van der Waals surface area contributed by atoms with E-state index in [9.17, 15) is 4.79 Å². The molecular formula is C15H22N2O. The Bertz CT molecular complexity index is 364.